The maximum absolute atomic E-state index is 13.3. The fraction of sp³-hybridized carbons (Fsp3) is 0.556. The van der Waals surface area contributed by atoms with Crippen molar-refractivity contribution in [2.45, 2.75) is 50.8 Å². The van der Waals surface area contributed by atoms with Crippen LogP contribution in [0, 0.1) is 17.6 Å². The second kappa shape index (κ2) is 8.52. The van der Waals surface area contributed by atoms with Crippen molar-refractivity contribution in [2.24, 2.45) is 5.92 Å². The first-order valence-electron chi connectivity index (χ1n) is 9.28. The lowest BCUT2D eigenvalue weighted by Crippen LogP contribution is -2.37. The summed E-state index contributed by atoms with van der Waals surface area (Å²) in [5, 5.41) is 6.52. The average Bonchev–Trinajstić information content (AvgIpc) is 3.12. The Morgan fingerprint density at radius 1 is 1.18 bits per heavy atom. The van der Waals surface area contributed by atoms with Gasteiger partial charge in [0.15, 0.2) is 11.6 Å². The number of aromatic nitrogens is 2. The molecule has 0 spiro atoms. The minimum absolute atomic E-state index is 0.135. The number of benzene rings is 1. The summed E-state index contributed by atoms with van der Waals surface area (Å²) >= 11 is 0. The molecule has 0 radical (unpaired) electrons. The van der Waals surface area contributed by atoms with E-state index in [-0.39, 0.29) is 17.9 Å². The van der Waals surface area contributed by atoms with Gasteiger partial charge in [0.1, 0.15) is 0 Å². The third kappa shape index (κ3) is 5.05. The summed E-state index contributed by atoms with van der Waals surface area (Å²) in [7, 11) is -3.24. The molecule has 3 rings (SSSR count). The van der Waals surface area contributed by atoms with Crippen molar-refractivity contribution in [1.29, 1.82) is 0 Å². The molecule has 0 bridgehead atoms. The number of hydrogen-bond acceptors (Lipinski definition) is 6. The topological polar surface area (TPSA) is 97.1 Å². The molecule has 10 heteroatoms. The average molecular weight is 414 g/mol. The molecule has 28 heavy (non-hydrogen) atoms. The number of hydrogen-bond donors (Lipinski definition) is 2. The quantitative estimate of drug-likeness (QED) is 0.721. The molecule has 154 valence electrons. The molecule has 1 aliphatic carbocycles. The molecule has 2 aromatic rings. The number of sulfonamides is 1. The Morgan fingerprint density at radius 3 is 2.54 bits per heavy atom. The van der Waals surface area contributed by atoms with Gasteiger partial charge in [0.2, 0.25) is 15.8 Å². The zero-order valence-electron chi connectivity index (χ0n) is 15.8. The predicted molar refractivity (Wildman–Crippen MR) is 101 cm³/mol. The molecule has 0 amide bonds. The van der Waals surface area contributed by atoms with E-state index < -0.39 is 26.9 Å². The number of halogens is 2. The second-order valence-corrected chi connectivity index (χ2v) is 9.68. The molecule has 1 heterocycles. The lowest BCUT2D eigenvalue weighted by molar-refractivity contribution is 0.330. The molecule has 0 unspecified atom stereocenters. The fourth-order valence-electron chi connectivity index (χ4n) is 3.12. The molecular weight excluding hydrogens is 390 g/mol. The normalized spacial score (nSPS) is 20.5. The highest BCUT2D eigenvalue weighted by atomic mass is 32.2. The van der Waals surface area contributed by atoms with E-state index >= 15 is 0 Å². The Bertz CT molecular complexity index is 909. The van der Waals surface area contributed by atoms with Crippen molar-refractivity contribution in [3.05, 3.63) is 29.8 Å². The lowest BCUT2D eigenvalue weighted by Gasteiger charge is -2.28. The summed E-state index contributed by atoms with van der Waals surface area (Å²) in [6.07, 6.45) is 3.44. The van der Waals surface area contributed by atoms with Gasteiger partial charge in [-0.25, -0.2) is 21.9 Å². The first-order chi connectivity index (χ1) is 13.2. The van der Waals surface area contributed by atoms with Crippen LogP contribution in [0.3, 0.4) is 0 Å². The zero-order valence-corrected chi connectivity index (χ0v) is 16.6. The Morgan fingerprint density at radius 2 is 1.89 bits per heavy atom. The van der Waals surface area contributed by atoms with Gasteiger partial charge in [0, 0.05) is 18.2 Å². The van der Waals surface area contributed by atoms with Crippen molar-refractivity contribution in [3.8, 4) is 11.4 Å². The van der Waals surface area contributed by atoms with E-state index in [0.29, 0.717) is 18.0 Å². The second-order valence-electron chi connectivity index (χ2n) is 7.36. The Labute approximate surface area is 163 Å². The van der Waals surface area contributed by atoms with Gasteiger partial charge >= 0.3 is 6.01 Å². The van der Waals surface area contributed by atoms with Gasteiger partial charge in [-0.2, -0.15) is 4.98 Å². The molecule has 2 N–H and O–H groups in total. The fourth-order valence-corrected chi connectivity index (χ4v) is 3.92. The largest absolute Gasteiger partial charge is 0.335 e. The highest BCUT2D eigenvalue weighted by molar-refractivity contribution is 7.90. The predicted octanol–water partition coefficient (Wildman–Crippen LogP) is 3.31. The standard InChI is InChI=1S/C18H24F2N4O3S/c1-11(2)28(25,26)21-10-12-3-6-14(7-4-12)22-18-23-17(24-27-18)13-5-8-15(19)16(20)9-13/h5,8-9,11-12,14,21H,3-4,6-7,10H2,1-2H3,(H,22,23,24)/t12-,14-. The first-order valence-corrected chi connectivity index (χ1v) is 10.8. The van der Waals surface area contributed by atoms with Crippen molar-refractivity contribution in [1.82, 2.24) is 14.9 Å². The van der Waals surface area contributed by atoms with Gasteiger partial charge in [0.25, 0.3) is 0 Å². The van der Waals surface area contributed by atoms with E-state index in [1.165, 1.54) is 6.07 Å². The van der Waals surface area contributed by atoms with Gasteiger partial charge < -0.3 is 9.84 Å². The first kappa shape index (κ1) is 20.7. The molecule has 1 aromatic carbocycles. The van der Waals surface area contributed by atoms with E-state index in [1.54, 1.807) is 13.8 Å². The molecule has 0 atom stereocenters. The Hall–Kier alpha value is -2.07. The minimum atomic E-state index is -3.24. The van der Waals surface area contributed by atoms with Crippen LogP contribution in [-0.2, 0) is 10.0 Å². The summed E-state index contributed by atoms with van der Waals surface area (Å²) in [6, 6.07) is 3.78. The molecule has 0 saturated heterocycles. The molecule has 1 aromatic heterocycles. The van der Waals surface area contributed by atoms with Crippen molar-refractivity contribution >= 4 is 16.0 Å². The molecule has 1 aliphatic rings. The zero-order chi connectivity index (χ0) is 20.3. The molecule has 7 nitrogen and oxygen atoms in total. The summed E-state index contributed by atoms with van der Waals surface area (Å²) in [4.78, 5) is 4.18. The molecule has 0 aliphatic heterocycles. The van der Waals surface area contributed by atoms with Crippen molar-refractivity contribution in [3.63, 3.8) is 0 Å². The van der Waals surface area contributed by atoms with E-state index in [9.17, 15) is 17.2 Å². The summed E-state index contributed by atoms with van der Waals surface area (Å²) in [5.74, 6) is -1.42. The summed E-state index contributed by atoms with van der Waals surface area (Å²) in [5.41, 5.74) is 0.330. The van der Waals surface area contributed by atoms with Gasteiger partial charge in [-0.1, -0.05) is 5.16 Å². The van der Waals surface area contributed by atoms with E-state index in [4.69, 9.17) is 4.52 Å². The smallest absolute Gasteiger partial charge is 0.322 e. The monoisotopic (exact) mass is 414 g/mol. The lowest BCUT2D eigenvalue weighted by atomic mass is 9.86. The number of nitrogens with one attached hydrogen (secondary N) is 2. The van der Waals surface area contributed by atoms with Crippen LogP contribution in [-0.4, -0.2) is 36.4 Å². The van der Waals surface area contributed by atoms with Crippen LogP contribution in [0.5, 0.6) is 0 Å². The maximum atomic E-state index is 13.3. The van der Waals surface area contributed by atoms with Crippen LogP contribution in [0.2, 0.25) is 0 Å². The van der Waals surface area contributed by atoms with Crippen LogP contribution >= 0.6 is 0 Å². The van der Waals surface area contributed by atoms with Crippen molar-refractivity contribution < 1.29 is 21.7 Å². The van der Waals surface area contributed by atoms with Gasteiger partial charge in [-0.05, 0) is 63.6 Å². The third-order valence-corrected chi connectivity index (χ3v) is 6.78. The van der Waals surface area contributed by atoms with Gasteiger partial charge in [-0.3, -0.25) is 0 Å². The molecular formula is C18H24F2N4O3S. The number of rotatable bonds is 7. The van der Waals surface area contributed by atoms with E-state index in [0.717, 1.165) is 37.8 Å². The van der Waals surface area contributed by atoms with E-state index in [2.05, 4.69) is 20.2 Å². The van der Waals surface area contributed by atoms with Crippen LogP contribution < -0.4 is 10.0 Å². The Kier molecular flexibility index (Phi) is 6.29. The van der Waals surface area contributed by atoms with Crippen molar-refractivity contribution in [2.75, 3.05) is 11.9 Å². The SMILES string of the molecule is CC(C)S(=O)(=O)NC[C@H]1CC[C@H](Nc2nc(-c3ccc(F)c(F)c3)no2)CC1. The molecule has 1 fully saturated rings. The summed E-state index contributed by atoms with van der Waals surface area (Å²) in [6.45, 7) is 3.76. The third-order valence-electron chi connectivity index (χ3n) is 4.97. The van der Waals surface area contributed by atoms with Crippen LogP contribution in [0.15, 0.2) is 22.7 Å². The van der Waals surface area contributed by atoms with Gasteiger partial charge in [-0.15, -0.1) is 0 Å². The molecule has 1 saturated carbocycles. The minimum Gasteiger partial charge on any atom is -0.335 e. The highest BCUT2D eigenvalue weighted by Gasteiger charge is 2.25. The van der Waals surface area contributed by atoms with Crippen LogP contribution in [0.1, 0.15) is 39.5 Å². The Balaban J connectivity index is 1.50. The van der Waals surface area contributed by atoms with Gasteiger partial charge in [0.05, 0.1) is 5.25 Å². The highest BCUT2D eigenvalue weighted by Crippen LogP contribution is 2.27. The maximum Gasteiger partial charge on any atom is 0.322 e. The number of nitrogens with zero attached hydrogens (tertiary/aromatic N) is 2. The summed E-state index contributed by atoms with van der Waals surface area (Å²) < 4.78 is 57.9. The number of anilines is 1. The van der Waals surface area contributed by atoms with Crippen LogP contribution in [0.25, 0.3) is 11.4 Å². The van der Waals surface area contributed by atoms with Crippen LogP contribution in [0.4, 0.5) is 14.8 Å². The van der Waals surface area contributed by atoms with E-state index in [1.807, 2.05) is 0 Å².